The number of methoxy groups -OCH3 is 1. The van der Waals surface area contributed by atoms with Crippen LogP contribution < -0.4 is 5.32 Å². The Hall–Kier alpha value is -1.85. The zero-order chi connectivity index (χ0) is 13.5. The van der Waals surface area contributed by atoms with Crippen molar-refractivity contribution in [3.63, 3.8) is 0 Å². The molecule has 6 heteroatoms. The second kappa shape index (κ2) is 6.78. The fourth-order valence-corrected chi connectivity index (χ4v) is 1.84. The lowest BCUT2D eigenvalue weighted by Crippen LogP contribution is -2.27. The molecule has 1 aliphatic carbocycles. The van der Waals surface area contributed by atoms with Crippen molar-refractivity contribution in [1.82, 2.24) is 5.32 Å². The van der Waals surface area contributed by atoms with E-state index in [0.29, 0.717) is 24.1 Å². The first-order valence-corrected chi connectivity index (χ1v) is 5.86. The van der Waals surface area contributed by atoms with Crippen LogP contribution >= 0.6 is 0 Å². The molecule has 0 saturated heterocycles. The Morgan fingerprint density at radius 2 is 1.89 bits per heavy atom. The Kier molecular flexibility index (Phi) is 5.35. The molecule has 1 rings (SSSR count). The number of esters is 1. The van der Waals surface area contributed by atoms with Crippen LogP contribution in [-0.2, 0) is 19.1 Å². The van der Waals surface area contributed by atoms with Gasteiger partial charge in [0.25, 0.3) is 0 Å². The summed E-state index contributed by atoms with van der Waals surface area (Å²) in [6, 6.07) is 0. The number of rotatable bonds is 5. The van der Waals surface area contributed by atoms with E-state index in [2.05, 4.69) is 10.1 Å². The number of nitrogens with one attached hydrogen (secondary N) is 1. The van der Waals surface area contributed by atoms with Crippen LogP contribution in [0, 0.1) is 0 Å². The fourth-order valence-electron chi connectivity index (χ4n) is 1.84. The Bertz CT molecular complexity index is 386. The van der Waals surface area contributed by atoms with Gasteiger partial charge < -0.3 is 15.2 Å². The van der Waals surface area contributed by atoms with Crippen LogP contribution in [0.5, 0.6) is 0 Å². The molecular formula is C12H17NO5. The van der Waals surface area contributed by atoms with Gasteiger partial charge in [-0.25, -0.2) is 4.79 Å². The average Bonchev–Trinajstić information content (AvgIpc) is 2.36. The van der Waals surface area contributed by atoms with E-state index in [-0.39, 0.29) is 18.7 Å². The number of carboxylic acid groups (broad SMARTS) is 1. The smallest absolute Gasteiger partial charge is 0.335 e. The molecule has 0 unspecified atom stereocenters. The molecule has 6 nitrogen and oxygen atoms in total. The molecule has 18 heavy (non-hydrogen) atoms. The highest BCUT2D eigenvalue weighted by Crippen LogP contribution is 2.23. The number of ether oxygens (including phenoxy) is 1. The molecule has 0 atom stereocenters. The van der Waals surface area contributed by atoms with Gasteiger partial charge in [-0.05, 0) is 25.7 Å². The second-order valence-corrected chi connectivity index (χ2v) is 4.10. The maximum absolute atomic E-state index is 11.5. The number of carbonyl (C=O) groups is 3. The molecule has 1 aliphatic rings. The van der Waals surface area contributed by atoms with E-state index in [4.69, 9.17) is 5.11 Å². The van der Waals surface area contributed by atoms with Crippen LogP contribution in [0.1, 0.15) is 38.5 Å². The minimum absolute atomic E-state index is 0.0900. The summed E-state index contributed by atoms with van der Waals surface area (Å²) in [4.78, 5) is 33.4. The number of carboxylic acids is 1. The standard InChI is InChI=1S/C12H17NO5/c1-18-12(17)8-4-2-3-5-9(8)13-10(14)6-7-11(15)16/h2-7H2,1H3,(H,13,14)(H,15,16). The van der Waals surface area contributed by atoms with Crippen LogP contribution in [0.2, 0.25) is 0 Å². The normalized spacial score (nSPS) is 15.2. The first-order valence-electron chi connectivity index (χ1n) is 5.86. The predicted octanol–water partition coefficient (Wildman–Crippen LogP) is 0.968. The Labute approximate surface area is 105 Å². The first kappa shape index (κ1) is 14.2. The van der Waals surface area contributed by atoms with Crippen LogP contribution in [0.25, 0.3) is 0 Å². The monoisotopic (exact) mass is 255 g/mol. The van der Waals surface area contributed by atoms with Crippen molar-refractivity contribution >= 4 is 17.8 Å². The van der Waals surface area contributed by atoms with Gasteiger partial charge in [-0.1, -0.05) is 0 Å². The summed E-state index contributed by atoms with van der Waals surface area (Å²) >= 11 is 0. The third-order valence-electron chi connectivity index (χ3n) is 2.76. The molecule has 0 fully saturated rings. The number of hydrogen-bond acceptors (Lipinski definition) is 4. The molecule has 0 aromatic heterocycles. The zero-order valence-corrected chi connectivity index (χ0v) is 10.3. The highest BCUT2D eigenvalue weighted by molar-refractivity contribution is 5.91. The van der Waals surface area contributed by atoms with E-state index >= 15 is 0 Å². The zero-order valence-electron chi connectivity index (χ0n) is 10.3. The van der Waals surface area contributed by atoms with Gasteiger partial charge in [-0.15, -0.1) is 0 Å². The van der Waals surface area contributed by atoms with Gasteiger partial charge in [-0.3, -0.25) is 9.59 Å². The molecule has 1 amide bonds. The first-order chi connectivity index (χ1) is 8.54. The molecule has 0 aromatic carbocycles. The summed E-state index contributed by atoms with van der Waals surface area (Å²) in [7, 11) is 1.30. The van der Waals surface area contributed by atoms with Crippen molar-refractivity contribution in [3.8, 4) is 0 Å². The van der Waals surface area contributed by atoms with Gasteiger partial charge in [0.1, 0.15) is 0 Å². The van der Waals surface area contributed by atoms with E-state index in [9.17, 15) is 14.4 Å². The van der Waals surface area contributed by atoms with Crippen molar-refractivity contribution in [3.05, 3.63) is 11.3 Å². The summed E-state index contributed by atoms with van der Waals surface area (Å²) in [6.45, 7) is 0. The molecule has 0 bridgehead atoms. The molecule has 100 valence electrons. The summed E-state index contributed by atoms with van der Waals surface area (Å²) < 4.78 is 4.66. The van der Waals surface area contributed by atoms with Crippen molar-refractivity contribution in [2.24, 2.45) is 0 Å². The molecule has 0 aliphatic heterocycles. The topological polar surface area (TPSA) is 92.7 Å². The average molecular weight is 255 g/mol. The molecular weight excluding hydrogens is 238 g/mol. The van der Waals surface area contributed by atoms with Crippen molar-refractivity contribution in [1.29, 1.82) is 0 Å². The number of amides is 1. The summed E-state index contributed by atoms with van der Waals surface area (Å²) in [6.07, 6.45) is 2.68. The number of aliphatic carboxylic acids is 1. The lowest BCUT2D eigenvalue weighted by Gasteiger charge is -2.19. The van der Waals surface area contributed by atoms with E-state index in [1.165, 1.54) is 7.11 Å². The minimum atomic E-state index is -1.02. The van der Waals surface area contributed by atoms with Gasteiger partial charge in [0.05, 0.1) is 19.1 Å². The minimum Gasteiger partial charge on any atom is -0.481 e. The van der Waals surface area contributed by atoms with Crippen LogP contribution in [0.15, 0.2) is 11.3 Å². The molecule has 0 aromatic rings. The maximum Gasteiger partial charge on any atom is 0.335 e. The lowest BCUT2D eigenvalue weighted by atomic mass is 9.96. The molecule has 0 spiro atoms. The van der Waals surface area contributed by atoms with E-state index in [1.54, 1.807) is 0 Å². The number of carbonyl (C=O) groups excluding carboxylic acids is 2. The Balaban J connectivity index is 2.66. The quantitative estimate of drug-likeness (QED) is 0.714. The van der Waals surface area contributed by atoms with Gasteiger partial charge in [0.2, 0.25) is 5.91 Å². The lowest BCUT2D eigenvalue weighted by molar-refractivity contribution is -0.139. The summed E-state index contributed by atoms with van der Waals surface area (Å²) in [5, 5.41) is 11.1. The number of allylic oxidation sites excluding steroid dienone is 1. The molecule has 0 saturated carbocycles. The summed E-state index contributed by atoms with van der Waals surface area (Å²) in [5.74, 6) is -1.82. The Morgan fingerprint density at radius 3 is 2.50 bits per heavy atom. The maximum atomic E-state index is 11.5. The van der Waals surface area contributed by atoms with Crippen LogP contribution in [0.3, 0.4) is 0 Å². The fraction of sp³-hybridized carbons (Fsp3) is 0.583. The second-order valence-electron chi connectivity index (χ2n) is 4.10. The van der Waals surface area contributed by atoms with E-state index < -0.39 is 11.9 Å². The SMILES string of the molecule is COC(=O)C1=C(NC(=O)CCC(=O)O)CCCC1. The highest BCUT2D eigenvalue weighted by Gasteiger charge is 2.21. The Morgan fingerprint density at radius 1 is 1.22 bits per heavy atom. The van der Waals surface area contributed by atoms with Gasteiger partial charge in [-0.2, -0.15) is 0 Å². The van der Waals surface area contributed by atoms with E-state index in [0.717, 1.165) is 12.8 Å². The third-order valence-corrected chi connectivity index (χ3v) is 2.76. The van der Waals surface area contributed by atoms with Gasteiger partial charge in [0.15, 0.2) is 0 Å². The molecule has 0 radical (unpaired) electrons. The molecule has 0 heterocycles. The van der Waals surface area contributed by atoms with E-state index in [1.807, 2.05) is 0 Å². The van der Waals surface area contributed by atoms with Crippen molar-refractivity contribution in [2.75, 3.05) is 7.11 Å². The van der Waals surface area contributed by atoms with Crippen LogP contribution in [0.4, 0.5) is 0 Å². The van der Waals surface area contributed by atoms with Gasteiger partial charge >= 0.3 is 11.9 Å². The van der Waals surface area contributed by atoms with Crippen molar-refractivity contribution in [2.45, 2.75) is 38.5 Å². The molecule has 2 N–H and O–H groups in total. The largest absolute Gasteiger partial charge is 0.481 e. The third kappa shape index (κ3) is 4.20. The summed E-state index contributed by atoms with van der Waals surface area (Å²) in [5.41, 5.74) is 1.07. The highest BCUT2D eigenvalue weighted by atomic mass is 16.5. The van der Waals surface area contributed by atoms with Crippen LogP contribution in [-0.4, -0.2) is 30.1 Å². The van der Waals surface area contributed by atoms with Crippen molar-refractivity contribution < 1.29 is 24.2 Å². The predicted molar refractivity (Wildman–Crippen MR) is 62.5 cm³/mol. The number of hydrogen-bond donors (Lipinski definition) is 2. The van der Waals surface area contributed by atoms with Gasteiger partial charge in [0, 0.05) is 12.1 Å².